The van der Waals surface area contributed by atoms with Crippen LogP contribution in [0.15, 0.2) is 52.2 Å². The van der Waals surface area contributed by atoms with Gasteiger partial charge in [-0.3, -0.25) is 4.79 Å². The molecule has 0 radical (unpaired) electrons. The third-order valence-electron chi connectivity index (χ3n) is 2.61. The third kappa shape index (κ3) is 3.98. The molecule has 0 aliphatic heterocycles. The molecule has 2 rings (SSSR count). The van der Waals surface area contributed by atoms with Crippen LogP contribution in [-0.4, -0.2) is 18.2 Å². The van der Waals surface area contributed by atoms with E-state index in [-0.39, 0.29) is 5.91 Å². The molecular formula is C15H16N2O3. The highest BCUT2D eigenvalue weighted by molar-refractivity contribution is 5.83. The second kappa shape index (κ2) is 6.56. The average Bonchev–Trinajstić information content (AvgIpc) is 2.94. The van der Waals surface area contributed by atoms with Crippen LogP contribution in [0.1, 0.15) is 18.2 Å². The van der Waals surface area contributed by atoms with E-state index in [2.05, 4.69) is 10.5 Å². The Morgan fingerprint density at radius 2 is 2.10 bits per heavy atom. The normalized spacial score (nSPS) is 12.3. The third-order valence-corrected chi connectivity index (χ3v) is 2.61. The molecule has 0 bridgehead atoms. The van der Waals surface area contributed by atoms with E-state index in [0.717, 1.165) is 5.56 Å². The van der Waals surface area contributed by atoms with Crippen molar-refractivity contribution in [3.63, 3.8) is 0 Å². The number of amides is 1. The fraction of sp³-hybridized carbons (Fsp3) is 0.200. The van der Waals surface area contributed by atoms with Gasteiger partial charge in [0, 0.05) is 0 Å². The number of rotatable bonds is 5. The summed E-state index contributed by atoms with van der Waals surface area (Å²) < 4.78 is 10.6. The molecule has 0 fully saturated rings. The number of carbonyl (C=O) groups excluding carboxylic acids is 1. The zero-order chi connectivity index (χ0) is 14.4. The lowest BCUT2D eigenvalue weighted by atomic mass is 10.2. The van der Waals surface area contributed by atoms with Crippen LogP contribution >= 0.6 is 0 Å². The van der Waals surface area contributed by atoms with Gasteiger partial charge in [0.2, 0.25) is 0 Å². The second-order valence-corrected chi connectivity index (χ2v) is 4.32. The molecule has 0 aliphatic carbocycles. The predicted molar refractivity (Wildman–Crippen MR) is 75.7 cm³/mol. The monoisotopic (exact) mass is 272 g/mol. The molecule has 1 N–H and O–H groups in total. The lowest BCUT2D eigenvalue weighted by Gasteiger charge is -2.12. The van der Waals surface area contributed by atoms with Crippen molar-refractivity contribution in [1.29, 1.82) is 0 Å². The van der Waals surface area contributed by atoms with Crippen LogP contribution in [0.4, 0.5) is 0 Å². The maximum Gasteiger partial charge on any atom is 0.280 e. The Bertz CT molecular complexity index is 574. The molecule has 1 atom stereocenters. The first-order valence-electron chi connectivity index (χ1n) is 6.25. The van der Waals surface area contributed by atoms with Gasteiger partial charge in [0.1, 0.15) is 11.5 Å². The highest BCUT2D eigenvalue weighted by atomic mass is 16.5. The van der Waals surface area contributed by atoms with Crippen LogP contribution in [0, 0.1) is 6.92 Å². The van der Waals surface area contributed by atoms with Gasteiger partial charge >= 0.3 is 0 Å². The lowest BCUT2D eigenvalue weighted by molar-refractivity contribution is -0.127. The van der Waals surface area contributed by atoms with Crippen molar-refractivity contribution >= 4 is 12.1 Å². The molecule has 1 amide bonds. The fourth-order valence-corrected chi connectivity index (χ4v) is 1.49. The minimum Gasteiger partial charge on any atom is -0.481 e. The molecule has 104 valence electrons. The van der Waals surface area contributed by atoms with Crippen LogP contribution in [0.2, 0.25) is 0 Å². The largest absolute Gasteiger partial charge is 0.481 e. The van der Waals surface area contributed by atoms with Gasteiger partial charge in [0.25, 0.3) is 5.91 Å². The first-order valence-corrected chi connectivity index (χ1v) is 6.25. The van der Waals surface area contributed by atoms with Crippen LogP contribution in [0.3, 0.4) is 0 Å². The molecule has 5 heteroatoms. The topological polar surface area (TPSA) is 63.8 Å². The maximum absolute atomic E-state index is 11.8. The summed E-state index contributed by atoms with van der Waals surface area (Å²) in [6.45, 7) is 3.65. The Kier molecular flexibility index (Phi) is 4.55. The summed E-state index contributed by atoms with van der Waals surface area (Å²) >= 11 is 0. The Labute approximate surface area is 117 Å². The first kappa shape index (κ1) is 13.9. The van der Waals surface area contributed by atoms with Crippen molar-refractivity contribution in [2.75, 3.05) is 0 Å². The van der Waals surface area contributed by atoms with E-state index in [9.17, 15) is 4.79 Å². The van der Waals surface area contributed by atoms with Crippen molar-refractivity contribution in [1.82, 2.24) is 5.43 Å². The summed E-state index contributed by atoms with van der Waals surface area (Å²) in [7, 11) is 0. The fourth-order valence-electron chi connectivity index (χ4n) is 1.49. The van der Waals surface area contributed by atoms with E-state index in [1.165, 1.54) is 12.5 Å². The Hall–Kier alpha value is -2.56. The standard InChI is InChI=1S/C15H16N2O3/c1-11-5-7-13(8-6-11)20-12(2)15(18)17-16-10-14-4-3-9-19-14/h3-10,12H,1-2H3,(H,17,18). The molecule has 2 aromatic rings. The highest BCUT2D eigenvalue weighted by Gasteiger charge is 2.13. The van der Waals surface area contributed by atoms with E-state index in [1.807, 2.05) is 31.2 Å². The zero-order valence-corrected chi connectivity index (χ0v) is 11.4. The van der Waals surface area contributed by atoms with Crippen molar-refractivity contribution in [3.05, 3.63) is 54.0 Å². The SMILES string of the molecule is Cc1ccc(OC(C)C(=O)NN=Cc2ccco2)cc1. The second-order valence-electron chi connectivity index (χ2n) is 4.32. The predicted octanol–water partition coefficient (Wildman–Crippen LogP) is 2.51. The smallest absolute Gasteiger partial charge is 0.280 e. The molecule has 0 saturated heterocycles. The minimum atomic E-state index is -0.633. The Balaban J connectivity index is 1.84. The van der Waals surface area contributed by atoms with Gasteiger partial charge < -0.3 is 9.15 Å². The molecule has 0 spiro atoms. The van der Waals surface area contributed by atoms with Gasteiger partial charge in [0.05, 0.1) is 12.5 Å². The molecule has 1 aromatic carbocycles. The van der Waals surface area contributed by atoms with Gasteiger partial charge in [-0.05, 0) is 38.1 Å². The number of benzene rings is 1. The van der Waals surface area contributed by atoms with Gasteiger partial charge in [0.15, 0.2) is 6.10 Å². The van der Waals surface area contributed by atoms with Crippen LogP contribution in [0.25, 0.3) is 0 Å². The molecule has 1 aromatic heterocycles. The van der Waals surface area contributed by atoms with Crippen molar-refractivity contribution in [3.8, 4) is 5.75 Å². The lowest BCUT2D eigenvalue weighted by Crippen LogP contribution is -2.33. The minimum absolute atomic E-state index is 0.326. The molecule has 0 saturated carbocycles. The molecule has 20 heavy (non-hydrogen) atoms. The van der Waals surface area contributed by atoms with Gasteiger partial charge in [-0.25, -0.2) is 5.43 Å². The van der Waals surface area contributed by atoms with Crippen molar-refractivity contribution in [2.24, 2.45) is 5.10 Å². The number of nitrogens with zero attached hydrogens (tertiary/aromatic N) is 1. The van der Waals surface area contributed by atoms with E-state index in [0.29, 0.717) is 11.5 Å². The summed E-state index contributed by atoms with van der Waals surface area (Å²) in [5.41, 5.74) is 3.53. The van der Waals surface area contributed by atoms with E-state index in [1.54, 1.807) is 19.1 Å². The number of hydrogen-bond acceptors (Lipinski definition) is 4. The highest BCUT2D eigenvalue weighted by Crippen LogP contribution is 2.13. The number of hydrogen-bond donors (Lipinski definition) is 1. The van der Waals surface area contributed by atoms with Crippen molar-refractivity contribution in [2.45, 2.75) is 20.0 Å². The van der Waals surface area contributed by atoms with Crippen LogP contribution < -0.4 is 10.2 Å². The Morgan fingerprint density at radius 3 is 2.75 bits per heavy atom. The summed E-state index contributed by atoms with van der Waals surface area (Å²) in [5.74, 6) is 0.888. The molecule has 0 aliphatic rings. The number of hydrazone groups is 1. The summed E-state index contributed by atoms with van der Waals surface area (Å²) in [6, 6.07) is 11.0. The first-order chi connectivity index (χ1) is 9.65. The van der Waals surface area contributed by atoms with Crippen LogP contribution in [0.5, 0.6) is 5.75 Å². The molecule has 5 nitrogen and oxygen atoms in total. The van der Waals surface area contributed by atoms with Gasteiger partial charge in [-0.2, -0.15) is 5.10 Å². The van der Waals surface area contributed by atoms with E-state index >= 15 is 0 Å². The summed E-state index contributed by atoms with van der Waals surface area (Å²) in [5, 5.41) is 3.79. The molecule has 1 unspecified atom stereocenters. The van der Waals surface area contributed by atoms with E-state index in [4.69, 9.17) is 9.15 Å². The number of aryl methyl sites for hydroxylation is 1. The molecular weight excluding hydrogens is 256 g/mol. The number of carbonyl (C=O) groups is 1. The number of furan rings is 1. The number of ether oxygens (including phenoxy) is 1. The summed E-state index contributed by atoms with van der Waals surface area (Å²) in [6.07, 6.45) is 2.33. The van der Waals surface area contributed by atoms with Gasteiger partial charge in [-0.15, -0.1) is 0 Å². The molecule has 1 heterocycles. The van der Waals surface area contributed by atoms with E-state index < -0.39 is 6.10 Å². The zero-order valence-electron chi connectivity index (χ0n) is 11.4. The quantitative estimate of drug-likeness (QED) is 0.672. The van der Waals surface area contributed by atoms with Gasteiger partial charge in [-0.1, -0.05) is 17.7 Å². The summed E-state index contributed by atoms with van der Waals surface area (Å²) in [4.78, 5) is 11.8. The Morgan fingerprint density at radius 1 is 1.35 bits per heavy atom. The average molecular weight is 272 g/mol. The van der Waals surface area contributed by atoms with Crippen LogP contribution in [-0.2, 0) is 4.79 Å². The van der Waals surface area contributed by atoms with Crippen molar-refractivity contribution < 1.29 is 13.9 Å². The maximum atomic E-state index is 11.8. The number of nitrogens with one attached hydrogen (secondary N) is 1.